The Kier molecular flexibility index (Phi) is 5.08. The number of rotatable bonds is 2. The highest BCUT2D eigenvalue weighted by Crippen LogP contribution is 2.25. The van der Waals surface area contributed by atoms with Crippen molar-refractivity contribution >= 4 is 29.5 Å². The minimum Gasteiger partial charge on any atom is -0.339 e. The second kappa shape index (κ2) is 7.25. The standard InChI is InChI=1S/C17H21N3O3S/c1-13(21)18-7-9-19(10-8-18)17(23)15-11-24-12-20(15)16(22)14-5-3-2-4-6-14/h2-6,15H,7-12H2,1H3. The predicted octanol–water partition coefficient (Wildman–Crippen LogP) is 0.892. The molecule has 1 atom stereocenters. The summed E-state index contributed by atoms with van der Waals surface area (Å²) < 4.78 is 0. The summed E-state index contributed by atoms with van der Waals surface area (Å²) in [7, 11) is 0. The summed E-state index contributed by atoms with van der Waals surface area (Å²) in [6, 6.07) is 8.66. The van der Waals surface area contributed by atoms with Crippen molar-refractivity contribution in [1.82, 2.24) is 14.7 Å². The molecular weight excluding hydrogens is 326 g/mol. The van der Waals surface area contributed by atoms with Crippen LogP contribution in [0.2, 0.25) is 0 Å². The van der Waals surface area contributed by atoms with Gasteiger partial charge in [0.15, 0.2) is 0 Å². The normalized spacial score (nSPS) is 21.0. The maximum absolute atomic E-state index is 12.8. The van der Waals surface area contributed by atoms with E-state index in [2.05, 4.69) is 0 Å². The summed E-state index contributed by atoms with van der Waals surface area (Å²) in [6.07, 6.45) is 0. The summed E-state index contributed by atoms with van der Waals surface area (Å²) in [5, 5.41) is 0. The number of nitrogens with zero attached hydrogens (tertiary/aromatic N) is 3. The van der Waals surface area contributed by atoms with Crippen molar-refractivity contribution in [2.75, 3.05) is 37.8 Å². The van der Waals surface area contributed by atoms with Crippen LogP contribution in [0.15, 0.2) is 30.3 Å². The van der Waals surface area contributed by atoms with Gasteiger partial charge in [0.05, 0.1) is 5.88 Å². The Morgan fingerprint density at radius 3 is 2.25 bits per heavy atom. The zero-order valence-electron chi connectivity index (χ0n) is 13.7. The zero-order valence-corrected chi connectivity index (χ0v) is 14.5. The molecule has 128 valence electrons. The Morgan fingerprint density at radius 1 is 1.00 bits per heavy atom. The zero-order chi connectivity index (χ0) is 17.1. The van der Waals surface area contributed by atoms with Gasteiger partial charge in [0.25, 0.3) is 5.91 Å². The summed E-state index contributed by atoms with van der Waals surface area (Å²) >= 11 is 1.60. The maximum atomic E-state index is 12.8. The Hall–Kier alpha value is -2.02. The lowest BCUT2D eigenvalue weighted by molar-refractivity contribution is -0.140. The molecule has 24 heavy (non-hydrogen) atoms. The molecule has 0 radical (unpaired) electrons. The Labute approximate surface area is 145 Å². The smallest absolute Gasteiger partial charge is 0.255 e. The molecule has 0 aliphatic carbocycles. The van der Waals surface area contributed by atoms with Crippen molar-refractivity contribution < 1.29 is 14.4 Å². The lowest BCUT2D eigenvalue weighted by Gasteiger charge is -2.36. The molecule has 0 aromatic heterocycles. The van der Waals surface area contributed by atoms with Gasteiger partial charge >= 0.3 is 0 Å². The number of carbonyl (C=O) groups excluding carboxylic acids is 3. The number of carbonyl (C=O) groups is 3. The fraction of sp³-hybridized carbons (Fsp3) is 0.471. The number of thioether (sulfide) groups is 1. The maximum Gasteiger partial charge on any atom is 0.255 e. The van der Waals surface area contributed by atoms with Gasteiger partial charge in [-0.05, 0) is 12.1 Å². The summed E-state index contributed by atoms with van der Waals surface area (Å²) in [6.45, 7) is 3.74. The predicted molar refractivity (Wildman–Crippen MR) is 92.6 cm³/mol. The molecule has 7 heteroatoms. The van der Waals surface area contributed by atoms with Crippen molar-refractivity contribution in [3.05, 3.63) is 35.9 Å². The molecule has 2 fully saturated rings. The molecule has 1 aromatic rings. The molecule has 3 rings (SSSR count). The molecule has 3 amide bonds. The van der Waals surface area contributed by atoms with Crippen molar-refractivity contribution in [2.45, 2.75) is 13.0 Å². The van der Waals surface area contributed by atoms with Crippen molar-refractivity contribution in [3.63, 3.8) is 0 Å². The van der Waals surface area contributed by atoms with Crippen LogP contribution in [0.5, 0.6) is 0 Å². The minimum atomic E-state index is -0.411. The molecule has 1 aromatic carbocycles. The quantitative estimate of drug-likeness (QED) is 0.797. The molecule has 1 unspecified atom stereocenters. The van der Waals surface area contributed by atoms with E-state index in [-0.39, 0.29) is 17.7 Å². The summed E-state index contributed by atoms with van der Waals surface area (Å²) in [4.78, 5) is 42.1. The third kappa shape index (κ3) is 3.40. The van der Waals surface area contributed by atoms with Gasteiger partial charge < -0.3 is 14.7 Å². The molecule has 2 heterocycles. The average Bonchev–Trinajstić information content (AvgIpc) is 3.11. The Morgan fingerprint density at radius 2 is 1.62 bits per heavy atom. The van der Waals surface area contributed by atoms with E-state index in [1.807, 2.05) is 18.2 Å². The van der Waals surface area contributed by atoms with Gasteiger partial charge in [-0.25, -0.2) is 0 Å². The Bertz CT molecular complexity index is 629. The molecule has 2 saturated heterocycles. The average molecular weight is 347 g/mol. The van der Waals surface area contributed by atoms with Crippen LogP contribution in [-0.4, -0.2) is 76.3 Å². The van der Waals surface area contributed by atoms with E-state index in [1.165, 1.54) is 0 Å². The Balaban J connectivity index is 1.66. The number of amides is 3. The van der Waals surface area contributed by atoms with E-state index < -0.39 is 6.04 Å². The molecule has 0 bridgehead atoms. The van der Waals surface area contributed by atoms with Crippen LogP contribution in [0.4, 0.5) is 0 Å². The van der Waals surface area contributed by atoms with Gasteiger partial charge in [-0.1, -0.05) is 18.2 Å². The fourth-order valence-electron chi connectivity index (χ4n) is 3.05. The van der Waals surface area contributed by atoms with Gasteiger partial charge in [-0.3, -0.25) is 14.4 Å². The number of hydrogen-bond acceptors (Lipinski definition) is 4. The summed E-state index contributed by atoms with van der Waals surface area (Å²) in [5.74, 6) is 1.11. The second-order valence-electron chi connectivity index (χ2n) is 5.99. The second-order valence-corrected chi connectivity index (χ2v) is 6.99. The van der Waals surface area contributed by atoms with Crippen LogP contribution >= 0.6 is 11.8 Å². The first-order chi connectivity index (χ1) is 11.6. The first kappa shape index (κ1) is 16.8. The van der Waals surface area contributed by atoms with Gasteiger partial charge in [0.2, 0.25) is 11.8 Å². The highest BCUT2D eigenvalue weighted by atomic mass is 32.2. The molecule has 0 saturated carbocycles. The highest BCUT2D eigenvalue weighted by molar-refractivity contribution is 7.99. The number of benzene rings is 1. The van der Waals surface area contributed by atoms with Gasteiger partial charge in [0.1, 0.15) is 6.04 Å². The van der Waals surface area contributed by atoms with E-state index in [9.17, 15) is 14.4 Å². The van der Waals surface area contributed by atoms with E-state index >= 15 is 0 Å². The van der Waals surface area contributed by atoms with Crippen LogP contribution in [0.1, 0.15) is 17.3 Å². The van der Waals surface area contributed by atoms with Crippen molar-refractivity contribution in [1.29, 1.82) is 0 Å². The largest absolute Gasteiger partial charge is 0.339 e. The topological polar surface area (TPSA) is 60.9 Å². The van der Waals surface area contributed by atoms with E-state index in [0.29, 0.717) is 43.4 Å². The first-order valence-electron chi connectivity index (χ1n) is 8.06. The lowest BCUT2D eigenvalue weighted by atomic mass is 10.1. The van der Waals surface area contributed by atoms with Crippen LogP contribution in [0.3, 0.4) is 0 Å². The highest BCUT2D eigenvalue weighted by Gasteiger charge is 2.38. The van der Waals surface area contributed by atoms with Crippen LogP contribution in [0, 0.1) is 0 Å². The van der Waals surface area contributed by atoms with E-state index in [1.54, 1.807) is 45.5 Å². The van der Waals surface area contributed by atoms with Crippen LogP contribution in [0.25, 0.3) is 0 Å². The van der Waals surface area contributed by atoms with Crippen LogP contribution < -0.4 is 0 Å². The first-order valence-corrected chi connectivity index (χ1v) is 9.21. The monoisotopic (exact) mass is 347 g/mol. The molecular formula is C17H21N3O3S. The molecule has 6 nitrogen and oxygen atoms in total. The van der Waals surface area contributed by atoms with E-state index in [4.69, 9.17) is 0 Å². The van der Waals surface area contributed by atoms with Gasteiger partial charge in [0, 0.05) is 44.4 Å². The summed E-state index contributed by atoms with van der Waals surface area (Å²) in [5.41, 5.74) is 0.610. The van der Waals surface area contributed by atoms with Gasteiger partial charge in [-0.2, -0.15) is 0 Å². The molecule has 0 N–H and O–H groups in total. The lowest BCUT2D eigenvalue weighted by Crippen LogP contribution is -2.55. The van der Waals surface area contributed by atoms with Crippen LogP contribution in [-0.2, 0) is 9.59 Å². The number of hydrogen-bond donors (Lipinski definition) is 0. The van der Waals surface area contributed by atoms with Crippen molar-refractivity contribution in [2.24, 2.45) is 0 Å². The third-order valence-corrected chi connectivity index (χ3v) is 5.50. The SMILES string of the molecule is CC(=O)N1CCN(C(=O)C2CSCN2C(=O)c2ccccc2)CC1. The number of piperazine rings is 1. The molecule has 2 aliphatic rings. The minimum absolute atomic E-state index is 0.00696. The molecule has 0 spiro atoms. The fourth-order valence-corrected chi connectivity index (χ4v) is 4.19. The van der Waals surface area contributed by atoms with Crippen molar-refractivity contribution in [3.8, 4) is 0 Å². The van der Waals surface area contributed by atoms with Gasteiger partial charge in [-0.15, -0.1) is 11.8 Å². The molecule has 2 aliphatic heterocycles. The third-order valence-electron chi connectivity index (χ3n) is 4.49. The van der Waals surface area contributed by atoms with E-state index in [0.717, 1.165) is 0 Å².